The molecule has 0 spiro atoms. The number of nitrogens with two attached hydrogens (primary N) is 1. The van der Waals surface area contributed by atoms with Crippen LogP contribution in [0.15, 0.2) is 18.2 Å². The lowest BCUT2D eigenvalue weighted by Gasteiger charge is -2.09. The third kappa shape index (κ3) is 4.69. The van der Waals surface area contributed by atoms with Crippen LogP contribution in [0.2, 0.25) is 0 Å². The minimum absolute atomic E-state index is 0.132. The van der Waals surface area contributed by atoms with Gasteiger partial charge in [0.1, 0.15) is 0 Å². The maximum absolute atomic E-state index is 12.2. The molecule has 0 bridgehead atoms. The molecule has 3 N–H and O–H groups in total. The quantitative estimate of drug-likeness (QED) is 0.659. The van der Waals surface area contributed by atoms with Crippen LogP contribution in [0.5, 0.6) is 0 Å². The second kappa shape index (κ2) is 5.60. The topological polar surface area (TPSA) is 38.0 Å². The van der Waals surface area contributed by atoms with Gasteiger partial charge < -0.3 is 11.1 Å². The van der Waals surface area contributed by atoms with Gasteiger partial charge in [-0.1, -0.05) is 6.07 Å². The third-order valence-corrected chi connectivity index (χ3v) is 1.57. The van der Waals surface area contributed by atoms with E-state index in [2.05, 4.69) is 5.32 Å². The Bertz CT molecular complexity index is 308. The number of anilines is 1. The fourth-order valence-corrected chi connectivity index (χ4v) is 0.945. The van der Waals surface area contributed by atoms with Crippen LogP contribution >= 0.6 is 0 Å². The zero-order chi connectivity index (χ0) is 12.1. The molecular weight excluding hydrogens is 205 g/mol. The minimum atomic E-state index is -4.31. The molecule has 0 aromatic heterocycles. The fourth-order valence-electron chi connectivity index (χ4n) is 0.945. The van der Waals surface area contributed by atoms with E-state index < -0.39 is 11.7 Å². The van der Waals surface area contributed by atoms with Crippen molar-refractivity contribution < 1.29 is 13.2 Å². The smallest absolute Gasteiger partial charge is 0.399 e. The molecule has 0 radical (unpaired) electrons. The van der Waals surface area contributed by atoms with E-state index in [0.29, 0.717) is 0 Å². The molecule has 1 aromatic carbocycles. The first-order valence-corrected chi connectivity index (χ1v) is 4.34. The number of benzene rings is 1. The number of aryl methyl sites for hydroxylation is 1. The van der Waals surface area contributed by atoms with Crippen LogP contribution in [0.4, 0.5) is 18.9 Å². The summed E-state index contributed by atoms with van der Waals surface area (Å²) in [5.41, 5.74) is 4.88. The number of nitrogen functional groups attached to an aromatic ring is 1. The predicted molar refractivity (Wildman–Crippen MR) is 55.6 cm³/mol. The van der Waals surface area contributed by atoms with Crippen molar-refractivity contribution in [3.63, 3.8) is 0 Å². The number of nitrogens with one attached hydrogen (secondary N) is 1. The van der Waals surface area contributed by atoms with Crippen LogP contribution in [0, 0.1) is 6.92 Å². The van der Waals surface area contributed by atoms with Gasteiger partial charge in [-0.05, 0) is 38.7 Å². The molecule has 0 atom stereocenters. The monoisotopic (exact) mass is 220 g/mol. The predicted octanol–water partition coefficient (Wildman–Crippen LogP) is 2.43. The highest BCUT2D eigenvalue weighted by Gasteiger charge is 2.32. The summed E-state index contributed by atoms with van der Waals surface area (Å²) in [4.78, 5) is 0. The first-order valence-electron chi connectivity index (χ1n) is 4.34. The molecule has 1 aromatic rings. The van der Waals surface area contributed by atoms with Crippen molar-refractivity contribution in [2.75, 3.05) is 19.8 Å². The molecule has 1 rings (SSSR count). The van der Waals surface area contributed by atoms with E-state index in [-0.39, 0.29) is 11.3 Å². The Morgan fingerprint density at radius 1 is 1.20 bits per heavy atom. The molecule has 0 heterocycles. The lowest BCUT2D eigenvalue weighted by Crippen LogP contribution is -2.07. The second-order valence-electron chi connectivity index (χ2n) is 3.07. The van der Waals surface area contributed by atoms with E-state index in [1.807, 2.05) is 14.1 Å². The molecule has 0 fully saturated rings. The number of alkyl halides is 3. The van der Waals surface area contributed by atoms with Crippen molar-refractivity contribution in [2.45, 2.75) is 13.1 Å². The van der Waals surface area contributed by atoms with Crippen LogP contribution in [0.3, 0.4) is 0 Å². The molecule has 0 aliphatic heterocycles. The Kier molecular flexibility index (Phi) is 5.14. The molecule has 86 valence electrons. The van der Waals surface area contributed by atoms with E-state index in [0.717, 1.165) is 6.07 Å². The molecule has 0 aliphatic rings. The summed E-state index contributed by atoms with van der Waals surface area (Å²) in [6.45, 7) is 1.41. The highest BCUT2D eigenvalue weighted by molar-refractivity contribution is 5.45. The Hall–Kier alpha value is -1.23. The van der Waals surface area contributed by atoms with E-state index in [4.69, 9.17) is 5.73 Å². The van der Waals surface area contributed by atoms with E-state index in [1.54, 1.807) is 0 Å². The van der Waals surface area contributed by atoms with Crippen molar-refractivity contribution in [1.29, 1.82) is 0 Å². The molecule has 15 heavy (non-hydrogen) atoms. The van der Waals surface area contributed by atoms with Gasteiger partial charge >= 0.3 is 6.18 Å². The van der Waals surface area contributed by atoms with Gasteiger partial charge in [0.15, 0.2) is 0 Å². The zero-order valence-electron chi connectivity index (χ0n) is 8.94. The van der Waals surface area contributed by atoms with Crippen LogP contribution < -0.4 is 11.1 Å². The summed E-state index contributed by atoms with van der Waals surface area (Å²) in [7, 11) is 3.75. The summed E-state index contributed by atoms with van der Waals surface area (Å²) < 4.78 is 36.5. The first-order chi connectivity index (χ1) is 6.82. The molecule has 2 nitrogen and oxygen atoms in total. The molecule has 0 saturated carbocycles. The number of halogens is 3. The third-order valence-electron chi connectivity index (χ3n) is 1.57. The second-order valence-corrected chi connectivity index (χ2v) is 3.07. The van der Waals surface area contributed by atoms with Crippen LogP contribution in [-0.4, -0.2) is 14.1 Å². The largest absolute Gasteiger partial charge is 0.416 e. The number of rotatable bonds is 0. The Labute approximate surface area is 87.3 Å². The molecule has 0 aliphatic carbocycles. The lowest BCUT2D eigenvalue weighted by molar-refractivity contribution is -0.138. The minimum Gasteiger partial charge on any atom is -0.399 e. The van der Waals surface area contributed by atoms with E-state index in [9.17, 15) is 13.2 Å². The Balaban J connectivity index is 0.000000583. The van der Waals surface area contributed by atoms with Crippen LogP contribution in [0.1, 0.15) is 11.1 Å². The molecule has 0 unspecified atom stereocenters. The number of hydrogen-bond donors (Lipinski definition) is 2. The maximum atomic E-state index is 12.2. The summed E-state index contributed by atoms with van der Waals surface area (Å²) in [6.07, 6.45) is -4.31. The van der Waals surface area contributed by atoms with E-state index in [1.165, 1.54) is 19.1 Å². The zero-order valence-corrected chi connectivity index (χ0v) is 8.94. The maximum Gasteiger partial charge on any atom is 0.416 e. The average Bonchev–Trinajstić information content (AvgIpc) is 2.09. The van der Waals surface area contributed by atoms with Gasteiger partial charge in [0.2, 0.25) is 0 Å². The summed E-state index contributed by atoms with van der Waals surface area (Å²) >= 11 is 0. The fraction of sp³-hybridized carbons (Fsp3) is 0.400. The van der Waals surface area contributed by atoms with Crippen molar-refractivity contribution in [1.82, 2.24) is 5.32 Å². The summed E-state index contributed by atoms with van der Waals surface area (Å²) in [6, 6.07) is 3.75. The lowest BCUT2D eigenvalue weighted by atomic mass is 10.1. The van der Waals surface area contributed by atoms with Gasteiger partial charge in [-0.3, -0.25) is 0 Å². The van der Waals surface area contributed by atoms with Gasteiger partial charge in [0.25, 0.3) is 0 Å². The normalized spacial score (nSPS) is 10.5. The van der Waals surface area contributed by atoms with Crippen molar-refractivity contribution in [2.24, 2.45) is 0 Å². The van der Waals surface area contributed by atoms with Gasteiger partial charge in [-0.2, -0.15) is 13.2 Å². The van der Waals surface area contributed by atoms with Gasteiger partial charge in [-0.15, -0.1) is 0 Å². The SMILES string of the molecule is CNC.Cc1ccc(N)cc1C(F)(F)F. The highest BCUT2D eigenvalue weighted by Crippen LogP contribution is 2.32. The molecule has 0 saturated heterocycles. The first kappa shape index (κ1) is 13.8. The summed E-state index contributed by atoms with van der Waals surface area (Å²) in [5.74, 6) is 0. The molecule has 0 amide bonds. The number of hydrogen-bond acceptors (Lipinski definition) is 2. The Morgan fingerprint density at radius 3 is 2.00 bits per heavy atom. The van der Waals surface area contributed by atoms with Crippen LogP contribution in [-0.2, 0) is 6.18 Å². The van der Waals surface area contributed by atoms with Crippen molar-refractivity contribution in [3.8, 4) is 0 Å². The van der Waals surface area contributed by atoms with E-state index >= 15 is 0 Å². The average molecular weight is 220 g/mol. The van der Waals surface area contributed by atoms with Gasteiger partial charge in [0, 0.05) is 5.69 Å². The summed E-state index contributed by atoms with van der Waals surface area (Å²) in [5, 5.41) is 2.75. The van der Waals surface area contributed by atoms with Gasteiger partial charge in [-0.25, -0.2) is 0 Å². The van der Waals surface area contributed by atoms with Gasteiger partial charge in [0.05, 0.1) is 5.56 Å². The molecular formula is C10H15F3N2. The van der Waals surface area contributed by atoms with Crippen molar-refractivity contribution >= 4 is 5.69 Å². The Morgan fingerprint density at radius 2 is 1.67 bits per heavy atom. The molecule has 5 heteroatoms. The van der Waals surface area contributed by atoms with Crippen molar-refractivity contribution in [3.05, 3.63) is 29.3 Å². The highest BCUT2D eigenvalue weighted by atomic mass is 19.4. The standard InChI is InChI=1S/C8H8F3N.C2H7N/c1-5-2-3-6(12)4-7(5)8(9,10)11;1-3-2/h2-4H,12H2,1H3;3H,1-2H3. The van der Waals surface area contributed by atoms with Crippen LogP contribution in [0.25, 0.3) is 0 Å².